The minimum atomic E-state index is -0.212. The largest absolute Gasteiger partial charge is 0.505 e. The van der Waals surface area contributed by atoms with Crippen molar-refractivity contribution in [2.24, 2.45) is 5.92 Å². The summed E-state index contributed by atoms with van der Waals surface area (Å²) in [5, 5.41) is 13.6. The van der Waals surface area contributed by atoms with E-state index in [4.69, 9.17) is 0 Å². The highest BCUT2D eigenvalue weighted by atomic mass is 16.3. The summed E-state index contributed by atoms with van der Waals surface area (Å²) in [6, 6.07) is 1.74. The van der Waals surface area contributed by atoms with Gasteiger partial charge >= 0.3 is 0 Å². The Morgan fingerprint density at radius 1 is 1.21 bits per heavy atom. The summed E-state index contributed by atoms with van der Waals surface area (Å²) in [7, 11) is 1.81. The first-order valence-corrected chi connectivity index (χ1v) is 8.70. The van der Waals surface area contributed by atoms with Gasteiger partial charge in [0.15, 0.2) is 0 Å². The minimum absolute atomic E-state index is 0.000781. The molecule has 0 bridgehead atoms. The van der Waals surface area contributed by atoms with Crippen LogP contribution in [0.25, 0.3) is 0 Å². The van der Waals surface area contributed by atoms with E-state index in [1.165, 1.54) is 18.9 Å². The molecule has 3 rings (SSSR count). The van der Waals surface area contributed by atoms with Crippen LogP contribution >= 0.6 is 0 Å². The van der Waals surface area contributed by atoms with E-state index in [-0.39, 0.29) is 23.6 Å². The lowest BCUT2D eigenvalue weighted by Gasteiger charge is -2.34. The summed E-state index contributed by atoms with van der Waals surface area (Å²) >= 11 is 0. The van der Waals surface area contributed by atoms with Crippen LogP contribution in [0.3, 0.4) is 0 Å². The van der Waals surface area contributed by atoms with Crippen LogP contribution < -0.4 is 5.32 Å². The Morgan fingerprint density at radius 2 is 1.88 bits per heavy atom. The number of fused-ring (bicyclic) bond motifs is 3. The van der Waals surface area contributed by atoms with Crippen LogP contribution in [0.1, 0.15) is 68.2 Å². The number of hydrogen-bond acceptors (Lipinski definition) is 3. The highest BCUT2D eigenvalue weighted by Gasteiger charge is 2.47. The number of carbonyl (C=O) groups excluding carboxylic acids is 2. The zero-order valence-electron chi connectivity index (χ0n) is 14.8. The Hall–Kier alpha value is -2.04. The number of nitrogens with zero attached hydrogens (tertiary/aromatic N) is 1. The van der Waals surface area contributed by atoms with Crippen molar-refractivity contribution in [1.82, 2.24) is 4.90 Å². The standard InChI is InChI=1S/C19H26N2O3/c1-10-9-15(20-11(2)22)19(24)17-16(10)13-7-5-6-8-14(13)18(17)21(4)12(3)23/h9,13-14,18,24H,5-8H2,1-4H3,(H,20,22). The molecule has 1 aromatic carbocycles. The first kappa shape index (κ1) is 16.8. The van der Waals surface area contributed by atoms with Crippen molar-refractivity contribution in [3.63, 3.8) is 0 Å². The lowest BCUT2D eigenvalue weighted by atomic mass is 9.77. The Labute approximate surface area is 143 Å². The average Bonchev–Trinajstić information content (AvgIpc) is 2.86. The summed E-state index contributed by atoms with van der Waals surface area (Å²) in [6.07, 6.45) is 4.51. The quantitative estimate of drug-likeness (QED) is 0.816. The molecule has 0 saturated heterocycles. The second-order valence-electron chi connectivity index (χ2n) is 7.23. The summed E-state index contributed by atoms with van der Waals surface area (Å²) in [6.45, 7) is 5.03. The number of anilines is 1. The van der Waals surface area contributed by atoms with Gasteiger partial charge in [-0.25, -0.2) is 0 Å². The number of carbonyl (C=O) groups is 2. The Bertz CT molecular complexity index is 698. The van der Waals surface area contributed by atoms with E-state index in [1.807, 2.05) is 20.0 Å². The molecule has 0 spiro atoms. The third-order valence-electron chi connectivity index (χ3n) is 5.70. The van der Waals surface area contributed by atoms with E-state index in [0.717, 1.165) is 30.4 Å². The monoisotopic (exact) mass is 330 g/mol. The second kappa shape index (κ2) is 6.11. The van der Waals surface area contributed by atoms with Gasteiger partial charge in [-0.1, -0.05) is 12.8 Å². The first-order chi connectivity index (χ1) is 11.3. The lowest BCUT2D eigenvalue weighted by Crippen LogP contribution is -2.33. The fourth-order valence-corrected chi connectivity index (χ4v) is 4.71. The number of phenols is 1. The molecule has 2 aliphatic rings. The van der Waals surface area contributed by atoms with Gasteiger partial charge in [-0.15, -0.1) is 0 Å². The Balaban J connectivity index is 2.19. The number of nitrogens with one attached hydrogen (secondary N) is 1. The van der Waals surface area contributed by atoms with Crippen LogP contribution in [0.2, 0.25) is 0 Å². The molecule has 0 aliphatic heterocycles. The van der Waals surface area contributed by atoms with E-state index in [0.29, 0.717) is 17.5 Å². The Morgan fingerprint density at radius 3 is 2.50 bits per heavy atom. The van der Waals surface area contributed by atoms with Gasteiger partial charge in [-0.05, 0) is 48.8 Å². The number of hydrogen-bond donors (Lipinski definition) is 2. The van der Waals surface area contributed by atoms with Gasteiger partial charge in [0.05, 0.1) is 11.7 Å². The fraction of sp³-hybridized carbons (Fsp3) is 0.579. The molecular formula is C19H26N2O3. The Kier molecular flexibility index (Phi) is 4.28. The van der Waals surface area contributed by atoms with Crippen LogP contribution in [-0.2, 0) is 9.59 Å². The molecule has 0 radical (unpaired) electrons. The highest BCUT2D eigenvalue weighted by Crippen LogP contribution is 2.58. The van der Waals surface area contributed by atoms with E-state index in [2.05, 4.69) is 5.32 Å². The van der Waals surface area contributed by atoms with E-state index in [1.54, 1.807) is 11.8 Å². The molecule has 5 nitrogen and oxygen atoms in total. The van der Waals surface area contributed by atoms with Gasteiger partial charge in [-0.2, -0.15) is 0 Å². The van der Waals surface area contributed by atoms with Crippen LogP contribution in [0, 0.1) is 12.8 Å². The zero-order chi connectivity index (χ0) is 17.6. The third-order valence-corrected chi connectivity index (χ3v) is 5.70. The van der Waals surface area contributed by atoms with Crippen molar-refractivity contribution in [3.8, 4) is 5.75 Å². The predicted molar refractivity (Wildman–Crippen MR) is 93.0 cm³/mol. The molecule has 2 N–H and O–H groups in total. The molecule has 3 atom stereocenters. The van der Waals surface area contributed by atoms with Crippen LogP contribution in [0.15, 0.2) is 6.07 Å². The molecule has 3 unspecified atom stereocenters. The molecule has 5 heteroatoms. The van der Waals surface area contributed by atoms with E-state index >= 15 is 0 Å². The number of rotatable bonds is 2. The first-order valence-electron chi connectivity index (χ1n) is 8.70. The summed E-state index contributed by atoms with van der Waals surface area (Å²) in [4.78, 5) is 25.3. The number of aryl methyl sites for hydroxylation is 1. The maximum Gasteiger partial charge on any atom is 0.221 e. The number of amides is 2. The molecule has 24 heavy (non-hydrogen) atoms. The normalized spacial score (nSPS) is 24.9. The summed E-state index contributed by atoms with van der Waals surface area (Å²) in [5.74, 6) is 0.645. The zero-order valence-corrected chi connectivity index (χ0v) is 14.8. The topological polar surface area (TPSA) is 69.6 Å². The van der Waals surface area contributed by atoms with Crippen molar-refractivity contribution >= 4 is 17.5 Å². The number of benzene rings is 1. The fourth-order valence-electron chi connectivity index (χ4n) is 4.71. The maximum absolute atomic E-state index is 12.0. The molecule has 130 valence electrons. The number of phenolic OH excluding ortho intramolecular Hbond substituents is 1. The molecule has 2 aliphatic carbocycles. The predicted octanol–water partition coefficient (Wildman–Crippen LogP) is 3.47. The van der Waals surface area contributed by atoms with Crippen molar-refractivity contribution in [1.29, 1.82) is 0 Å². The van der Waals surface area contributed by atoms with Gasteiger partial charge in [0.2, 0.25) is 11.8 Å². The van der Waals surface area contributed by atoms with Crippen molar-refractivity contribution in [3.05, 3.63) is 22.8 Å². The summed E-state index contributed by atoms with van der Waals surface area (Å²) < 4.78 is 0. The summed E-state index contributed by atoms with van der Waals surface area (Å²) in [5.41, 5.74) is 3.56. The highest BCUT2D eigenvalue weighted by molar-refractivity contribution is 5.91. The number of aromatic hydroxyl groups is 1. The van der Waals surface area contributed by atoms with Gasteiger partial charge in [-0.3, -0.25) is 9.59 Å². The maximum atomic E-state index is 12.0. The molecule has 2 amide bonds. The van der Waals surface area contributed by atoms with Gasteiger partial charge in [0, 0.05) is 26.5 Å². The van der Waals surface area contributed by atoms with E-state index < -0.39 is 0 Å². The van der Waals surface area contributed by atoms with Crippen LogP contribution in [-0.4, -0.2) is 28.9 Å². The van der Waals surface area contributed by atoms with Crippen LogP contribution in [0.5, 0.6) is 5.75 Å². The molecule has 0 heterocycles. The minimum Gasteiger partial charge on any atom is -0.505 e. The molecule has 1 saturated carbocycles. The molecule has 1 aromatic rings. The van der Waals surface area contributed by atoms with Crippen molar-refractivity contribution in [2.75, 3.05) is 12.4 Å². The molecular weight excluding hydrogens is 304 g/mol. The molecule has 1 fully saturated rings. The lowest BCUT2D eigenvalue weighted by molar-refractivity contribution is -0.131. The van der Waals surface area contributed by atoms with Gasteiger partial charge in [0.25, 0.3) is 0 Å². The SMILES string of the molecule is CC(=O)Nc1cc(C)c2c(c1O)C(N(C)C(C)=O)C1CCCCC21. The molecule has 0 aromatic heterocycles. The van der Waals surface area contributed by atoms with E-state index in [9.17, 15) is 14.7 Å². The average molecular weight is 330 g/mol. The van der Waals surface area contributed by atoms with Gasteiger partial charge in [0.1, 0.15) is 5.75 Å². The second-order valence-corrected chi connectivity index (χ2v) is 7.23. The van der Waals surface area contributed by atoms with Gasteiger partial charge < -0.3 is 15.3 Å². The van der Waals surface area contributed by atoms with Crippen LogP contribution in [0.4, 0.5) is 5.69 Å². The smallest absolute Gasteiger partial charge is 0.221 e. The van der Waals surface area contributed by atoms with Crippen molar-refractivity contribution in [2.45, 2.75) is 58.4 Å². The van der Waals surface area contributed by atoms with Crippen molar-refractivity contribution < 1.29 is 14.7 Å². The third kappa shape index (κ3) is 2.56.